The maximum Gasteiger partial charge on any atom is 0.119 e. The third-order valence-electron chi connectivity index (χ3n) is 6.54. The summed E-state index contributed by atoms with van der Waals surface area (Å²) in [5, 5.41) is 12.7. The van der Waals surface area contributed by atoms with Crippen LogP contribution in [-0.4, -0.2) is 10.7 Å². The monoisotopic (exact) mass is 574 g/mol. The van der Waals surface area contributed by atoms with Crippen molar-refractivity contribution in [3.05, 3.63) is 101 Å². The van der Waals surface area contributed by atoms with Crippen molar-refractivity contribution in [2.24, 2.45) is 0 Å². The van der Waals surface area contributed by atoms with Gasteiger partial charge in [-0.25, -0.2) is 0 Å². The largest absolute Gasteiger partial charge is 0.508 e. The minimum Gasteiger partial charge on any atom is -0.508 e. The summed E-state index contributed by atoms with van der Waals surface area (Å²) in [4.78, 5) is 1.07. The quantitative estimate of drug-likeness (QED) is 0.235. The van der Waals surface area contributed by atoms with Crippen LogP contribution in [0.4, 0.5) is 0 Å². The fraction of sp³-hybridized carbons (Fsp3) is 0.421. The Morgan fingerprint density at radius 1 is 0.976 bits per heavy atom. The summed E-state index contributed by atoms with van der Waals surface area (Å²) >= 11 is 3.96. The van der Waals surface area contributed by atoms with Gasteiger partial charge in [-0.3, -0.25) is 0 Å². The maximum absolute atomic E-state index is 10.3. The number of aromatic hydroxyl groups is 1. The zero-order chi connectivity index (χ0) is 31.5. The first kappa shape index (κ1) is 36.1. The van der Waals surface area contributed by atoms with Gasteiger partial charge in [0.15, 0.2) is 0 Å². The molecule has 0 bridgehead atoms. The summed E-state index contributed by atoms with van der Waals surface area (Å²) in [5.41, 5.74) is 5.17. The molecule has 1 aliphatic rings. The lowest BCUT2D eigenvalue weighted by atomic mass is 9.81. The molecular weight excluding hydrogens is 520 g/mol. The van der Waals surface area contributed by atoms with Gasteiger partial charge in [-0.05, 0) is 89.2 Å². The van der Waals surface area contributed by atoms with Crippen LogP contribution in [0.3, 0.4) is 0 Å². The van der Waals surface area contributed by atoms with E-state index in [4.69, 9.17) is 4.74 Å². The average molecular weight is 575 g/mol. The highest BCUT2D eigenvalue weighted by Crippen LogP contribution is 2.43. The molecule has 1 fully saturated rings. The first-order valence-electron chi connectivity index (χ1n) is 14.9. The molecule has 1 N–H and O–H groups in total. The molecule has 2 nitrogen and oxygen atoms in total. The van der Waals surface area contributed by atoms with E-state index in [1.165, 1.54) is 22.8 Å². The topological polar surface area (TPSA) is 29.5 Å². The van der Waals surface area contributed by atoms with Crippen molar-refractivity contribution >= 4 is 23.4 Å². The number of phenols is 1. The molecule has 224 valence electrons. The summed E-state index contributed by atoms with van der Waals surface area (Å²) in [6.07, 6.45) is 4.02. The molecule has 3 aromatic carbocycles. The SMILES string of the molecule is C/C=C(\C)S.C=C1CC(C)(C)OC(=C)C1c1ccc2cc(-c3ccc(O)c(C(C)(C)C)c3)ccc2c1.CC.CCC. The molecule has 0 spiro atoms. The summed E-state index contributed by atoms with van der Waals surface area (Å²) in [5.74, 6) is 1.15. The van der Waals surface area contributed by atoms with Crippen molar-refractivity contribution in [1.82, 2.24) is 0 Å². The molecular formula is C38H54O2S. The van der Waals surface area contributed by atoms with Crippen molar-refractivity contribution in [3.63, 3.8) is 0 Å². The first-order valence-corrected chi connectivity index (χ1v) is 15.3. The van der Waals surface area contributed by atoms with Crippen LogP contribution in [0.2, 0.25) is 0 Å². The Balaban J connectivity index is 0.000000736. The van der Waals surface area contributed by atoms with Gasteiger partial charge in [0.2, 0.25) is 0 Å². The number of rotatable bonds is 2. The molecule has 0 saturated carbocycles. The lowest BCUT2D eigenvalue weighted by Crippen LogP contribution is -2.32. The van der Waals surface area contributed by atoms with Gasteiger partial charge in [-0.15, -0.1) is 12.6 Å². The second-order valence-electron chi connectivity index (χ2n) is 12.0. The number of phenolic OH excluding ortho intramolecular Hbond substituents is 1. The van der Waals surface area contributed by atoms with Crippen LogP contribution in [0, 0.1) is 0 Å². The molecule has 1 unspecified atom stereocenters. The highest BCUT2D eigenvalue weighted by Gasteiger charge is 2.34. The molecule has 3 aromatic rings. The molecule has 0 radical (unpaired) electrons. The fourth-order valence-corrected chi connectivity index (χ4v) is 4.69. The molecule has 4 rings (SSSR count). The molecule has 1 atom stereocenters. The van der Waals surface area contributed by atoms with Crippen LogP contribution in [0.5, 0.6) is 5.75 Å². The van der Waals surface area contributed by atoms with Gasteiger partial charge in [0.25, 0.3) is 0 Å². The van der Waals surface area contributed by atoms with Gasteiger partial charge < -0.3 is 9.84 Å². The number of hydrogen-bond acceptors (Lipinski definition) is 3. The van der Waals surface area contributed by atoms with Gasteiger partial charge in [0.05, 0.1) is 5.92 Å². The molecule has 1 heterocycles. The summed E-state index contributed by atoms with van der Waals surface area (Å²) in [6.45, 7) is 31.2. The van der Waals surface area contributed by atoms with Crippen LogP contribution in [0.1, 0.15) is 106 Å². The standard InChI is InChI=1S/C29H32O2.C4H8S.C3H8.C2H6/c1-18-17-29(6,7)31-19(2)27(18)24-11-10-20-14-21(8-9-22(20)15-24)23-12-13-26(30)25(16-23)28(3,4)5;1-3-4(2)5;1-3-2;1-2/h8-16,27,30H,1-2,17H2,3-7H3;3,5H,1-2H3;3H2,1-2H3;1-2H3/b;4-3+;;. The molecule has 1 saturated heterocycles. The van der Waals surface area contributed by atoms with E-state index in [-0.39, 0.29) is 16.9 Å². The zero-order valence-corrected chi connectivity index (χ0v) is 28.4. The van der Waals surface area contributed by atoms with Crippen molar-refractivity contribution < 1.29 is 9.84 Å². The summed E-state index contributed by atoms with van der Waals surface area (Å²) in [6, 6.07) is 18.9. The molecule has 3 heteroatoms. The third kappa shape index (κ3) is 10.5. The van der Waals surface area contributed by atoms with Gasteiger partial charge in [-0.1, -0.05) is 116 Å². The molecule has 0 aliphatic carbocycles. The fourth-order valence-electron chi connectivity index (χ4n) is 4.69. The third-order valence-corrected chi connectivity index (χ3v) is 6.80. The Kier molecular flexibility index (Phi) is 14.0. The van der Waals surface area contributed by atoms with E-state index >= 15 is 0 Å². The minimum atomic E-state index is -0.244. The van der Waals surface area contributed by atoms with Crippen molar-refractivity contribution in [2.45, 2.75) is 106 Å². The Morgan fingerprint density at radius 2 is 1.46 bits per heavy atom. The van der Waals surface area contributed by atoms with Gasteiger partial charge in [-0.2, -0.15) is 0 Å². The van der Waals surface area contributed by atoms with E-state index in [9.17, 15) is 5.11 Å². The van der Waals surface area contributed by atoms with Crippen LogP contribution in [0.25, 0.3) is 21.9 Å². The van der Waals surface area contributed by atoms with Crippen molar-refractivity contribution in [3.8, 4) is 16.9 Å². The van der Waals surface area contributed by atoms with Gasteiger partial charge >= 0.3 is 0 Å². The maximum atomic E-state index is 10.3. The Labute approximate surface area is 256 Å². The minimum absolute atomic E-state index is 0.0311. The number of hydrogen-bond donors (Lipinski definition) is 2. The molecule has 1 aliphatic heterocycles. The normalized spacial score (nSPS) is 16.3. The average Bonchev–Trinajstić information content (AvgIpc) is 2.89. The van der Waals surface area contributed by atoms with E-state index < -0.39 is 0 Å². The Morgan fingerprint density at radius 3 is 1.98 bits per heavy atom. The van der Waals surface area contributed by atoms with E-state index in [0.29, 0.717) is 5.75 Å². The molecule has 41 heavy (non-hydrogen) atoms. The van der Waals surface area contributed by atoms with Crippen molar-refractivity contribution in [1.29, 1.82) is 0 Å². The highest BCUT2D eigenvalue weighted by atomic mass is 32.1. The lowest BCUT2D eigenvalue weighted by molar-refractivity contribution is 0.0108. The number of allylic oxidation sites excluding steroid dienone is 3. The van der Waals surface area contributed by atoms with E-state index in [1.807, 2.05) is 39.8 Å². The smallest absolute Gasteiger partial charge is 0.119 e. The second-order valence-corrected chi connectivity index (χ2v) is 12.7. The number of thiol groups is 1. The van der Waals surface area contributed by atoms with Crippen LogP contribution < -0.4 is 0 Å². The van der Waals surface area contributed by atoms with E-state index in [1.54, 1.807) is 6.07 Å². The Bertz CT molecular complexity index is 1310. The molecule has 0 amide bonds. The van der Waals surface area contributed by atoms with Gasteiger partial charge in [0, 0.05) is 6.42 Å². The zero-order valence-electron chi connectivity index (χ0n) is 27.5. The summed E-state index contributed by atoms with van der Waals surface area (Å²) < 4.78 is 6.07. The Hall–Kier alpha value is -2.91. The van der Waals surface area contributed by atoms with Crippen LogP contribution >= 0.6 is 12.6 Å². The van der Waals surface area contributed by atoms with E-state index in [2.05, 4.69) is 117 Å². The predicted octanol–water partition coefficient (Wildman–Crippen LogP) is 12.1. The van der Waals surface area contributed by atoms with Gasteiger partial charge in [0.1, 0.15) is 17.1 Å². The second kappa shape index (κ2) is 15.9. The lowest BCUT2D eigenvalue weighted by Gasteiger charge is -2.39. The number of ether oxygens (including phenoxy) is 1. The van der Waals surface area contributed by atoms with Crippen LogP contribution in [-0.2, 0) is 10.2 Å². The number of benzene rings is 3. The highest BCUT2D eigenvalue weighted by molar-refractivity contribution is 7.84. The summed E-state index contributed by atoms with van der Waals surface area (Å²) in [7, 11) is 0. The first-order chi connectivity index (χ1) is 19.1. The molecule has 0 aromatic heterocycles. The van der Waals surface area contributed by atoms with E-state index in [0.717, 1.165) is 39.3 Å². The predicted molar refractivity (Wildman–Crippen MR) is 186 cm³/mol. The number of fused-ring (bicyclic) bond motifs is 1. The van der Waals surface area contributed by atoms with Crippen LogP contribution in [0.15, 0.2) is 90.1 Å². The van der Waals surface area contributed by atoms with Crippen molar-refractivity contribution in [2.75, 3.05) is 0 Å².